The number of aromatic nitrogens is 2. The predicted molar refractivity (Wildman–Crippen MR) is 119 cm³/mol. The normalized spacial score (nSPS) is 10.9. The van der Waals surface area contributed by atoms with Crippen LogP contribution in [0.4, 0.5) is 10.8 Å². The molecule has 0 atom stereocenters. The number of rotatable bonds is 8. The highest BCUT2D eigenvalue weighted by molar-refractivity contribution is 7.94. The van der Waals surface area contributed by atoms with Crippen LogP contribution in [0.25, 0.3) is 0 Å². The first kappa shape index (κ1) is 22.1. The predicted octanol–water partition coefficient (Wildman–Crippen LogP) is 2.82. The summed E-state index contributed by atoms with van der Waals surface area (Å²) in [4.78, 5) is 24.6. The minimum absolute atomic E-state index is 0.0305. The molecule has 0 saturated carbocycles. The minimum atomic E-state index is -4.13. The second-order valence-corrected chi connectivity index (χ2v) is 9.18. The monoisotopic (exact) mass is 457 g/mol. The van der Waals surface area contributed by atoms with Gasteiger partial charge in [-0.3, -0.25) is 19.6 Å². The number of aryl methyl sites for hydroxylation is 1. The van der Waals surface area contributed by atoms with E-state index in [4.69, 9.17) is 0 Å². The number of hydrogen-bond acceptors (Lipinski definition) is 7. The van der Waals surface area contributed by atoms with Crippen molar-refractivity contribution in [3.05, 3.63) is 77.9 Å². The Kier molecular flexibility index (Phi) is 6.78. The molecule has 2 aromatic carbocycles. The summed E-state index contributed by atoms with van der Waals surface area (Å²) in [6.45, 7) is 5.66. The van der Waals surface area contributed by atoms with Crippen LogP contribution in [0.15, 0.2) is 65.5 Å². The molecule has 3 rings (SSSR count). The van der Waals surface area contributed by atoms with Crippen LogP contribution in [-0.4, -0.2) is 37.0 Å². The van der Waals surface area contributed by atoms with Crippen LogP contribution >= 0.6 is 11.3 Å². The summed E-state index contributed by atoms with van der Waals surface area (Å²) < 4.78 is 27.5. The van der Waals surface area contributed by atoms with Gasteiger partial charge < -0.3 is 5.32 Å². The number of carbonyl (C=O) groups is 2. The van der Waals surface area contributed by atoms with Crippen molar-refractivity contribution in [2.75, 3.05) is 16.6 Å². The van der Waals surface area contributed by atoms with Gasteiger partial charge in [0.25, 0.3) is 26.2 Å². The summed E-state index contributed by atoms with van der Waals surface area (Å²) in [6, 6.07) is 13.0. The van der Waals surface area contributed by atoms with E-state index in [9.17, 15) is 18.0 Å². The van der Waals surface area contributed by atoms with E-state index >= 15 is 0 Å². The first-order valence-corrected chi connectivity index (χ1v) is 11.3. The van der Waals surface area contributed by atoms with E-state index in [1.807, 2.05) is 6.92 Å². The molecule has 0 unspecified atom stereocenters. The van der Waals surface area contributed by atoms with Crippen LogP contribution < -0.4 is 15.4 Å². The standard InChI is InChI=1S/C20H19N5O4S2/c1-3-12-21-18(27)15-6-4-5-7-16(15)25-31(28,29)20-24-23-19(30-20)22-17(26)14-10-8-13(2)9-11-14/h3-11,25H,1,12H2,2H3,(H,21,27)(H,22,23,26). The summed E-state index contributed by atoms with van der Waals surface area (Å²) in [6.07, 6.45) is 1.51. The molecular weight excluding hydrogens is 438 g/mol. The number of hydrogen-bond donors (Lipinski definition) is 3. The van der Waals surface area contributed by atoms with Crippen LogP contribution in [0.2, 0.25) is 0 Å². The fourth-order valence-electron chi connectivity index (χ4n) is 2.46. The Bertz CT molecular complexity index is 1220. The van der Waals surface area contributed by atoms with Gasteiger partial charge in [-0.2, -0.15) is 8.42 Å². The van der Waals surface area contributed by atoms with Crippen molar-refractivity contribution in [1.82, 2.24) is 15.5 Å². The zero-order valence-electron chi connectivity index (χ0n) is 16.5. The molecule has 3 N–H and O–H groups in total. The van der Waals surface area contributed by atoms with E-state index in [0.717, 1.165) is 5.56 Å². The molecule has 1 aromatic heterocycles. The number of benzene rings is 2. The van der Waals surface area contributed by atoms with Crippen LogP contribution in [0.5, 0.6) is 0 Å². The van der Waals surface area contributed by atoms with Crippen molar-refractivity contribution in [1.29, 1.82) is 0 Å². The molecule has 2 amide bonds. The van der Waals surface area contributed by atoms with Gasteiger partial charge in [-0.1, -0.05) is 47.2 Å². The second-order valence-electron chi connectivity index (χ2n) is 6.34. The van der Waals surface area contributed by atoms with Crippen molar-refractivity contribution >= 4 is 44.0 Å². The van der Waals surface area contributed by atoms with E-state index in [0.29, 0.717) is 16.9 Å². The second kappa shape index (κ2) is 9.49. The number of amides is 2. The third-order valence-electron chi connectivity index (χ3n) is 3.99. The quantitative estimate of drug-likeness (QED) is 0.352. The molecule has 0 aliphatic rings. The number of nitrogens with zero attached hydrogens (tertiary/aromatic N) is 2. The molecule has 160 valence electrons. The van der Waals surface area contributed by atoms with E-state index in [1.165, 1.54) is 18.2 Å². The first-order valence-electron chi connectivity index (χ1n) is 9.02. The molecule has 0 bridgehead atoms. The average Bonchev–Trinajstić information content (AvgIpc) is 3.22. The van der Waals surface area contributed by atoms with Gasteiger partial charge >= 0.3 is 0 Å². The average molecular weight is 458 g/mol. The topological polar surface area (TPSA) is 130 Å². The van der Waals surface area contributed by atoms with Gasteiger partial charge in [0.15, 0.2) is 0 Å². The maximum absolute atomic E-state index is 12.7. The first-order chi connectivity index (χ1) is 14.8. The fraction of sp³-hybridized carbons (Fsp3) is 0.100. The lowest BCUT2D eigenvalue weighted by atomic mass is 10.1. The van der Waals surface area contributed by atoms with Crippen molar-refractivity contribution in [2.45, 2.75) is 11.3 Å². The molecular formula is C20H19N5O4S2. The maximum atomic E-state index is 12.7. The van der Waals surface area contributed by atoms with Gasteiger partial charge in [0.05, 0.1) is 11.3 Å². The Morgan fingerprint density at radius 3 is 2.48 bits per heavy atom. The number of para-hydroxylation sites is 1. The molecule has 0 fully saturated rings. The number of anilines is 2. The largest absolute Gasteiger partial charge is 0.349 e. The molecule has 0 aliphatic heterocycles. The lowest BCUT2D eigenvalue weighted by Gasteiger charge is -2.10. The third-order valence-corrected chi connectivity index (χ3v) is 6.57. The van der Waals surface area contributed by atoms with E-state index in [2.05, 4.69) is 32.1 Å². The summed E-state index contributed by atoms with van der Waals surface area (Å²) in [5.41, 5.74) is 1.64. The molecule has 3 aromatic rings. The molecule has 9 nitrogen and oxygen atoms in total. The van der Waals surface area contributed by atoms with Crippen molar-refractivity contribution < 1.29 is 18.0 Å². The highest BCUT2D eigenvalue weighted by Crippen LogP contribution is 2.24. The highest BCUT2D eigenvalue weighted by Gasteiger charge is 2.23. The zero-order chi connectivity index (χ0) is 22.4. The minimum Gasteiger partial charge on any atom is -0.349 e. The number of carbonyl (C=O) groups excluding carboxylic acids is 2. The van der Waals surface area contributed by atoms with Gasteiger partial charge in [-0.25, -0.2) is 0 Å². The number of nitrogens with one attached hydrogen (secondary N) is 3. The fourth-order valence-corrected chi connectivity index (χ4v) is 4.44. The summed E-state index contributed by atoms with van der Waals surface area (Å²) in [5, 5.41) is 12.5. The molecule has 0 spiro atoms. The maximum Gasteiger partial charge on any atom is 0.291 e. The Morgan fingerprint density at radius 2 is 1.77 bits per heavy atom. The van der Waals surface area contributed by atoms with Crippen molar-refractivity contribution in [3.63, 3.8) is 0 Å². The van der Waals surface area contributed by atoms with E-state index < -0.39 is 21.8 Å². The lowest BCUT2D eigenvalue weighted by molar-refractivity contribution is 0.0958. The van der Waals surface area contributed by atoms with Crippen molar-refractivity contribution in [2.24, 2.45) is 0 Å². The molecule has 31 heavy (non-hydrogen) atoms. The van der Waals surface area contributed by atoms with Gasteiger partial charge in [0, 0.05) is 12.1 Å². The molecule has 1 heterocycles. The van der Waals surface area contributed by atoms with Gasteiger partial charge in [-0.15, -0.1) is 16.8 Å². The Hall–Kier alpha value is -3.57. The Morgan fingerprint density at radius 1 is 1.06 bits per heavy atom. The molecule has 0 aliphatic carbocycles. The van der Waals surface area contributed by atoms with Crippen LogP contribution in [-0.2, 0) is 10.0 Å². The third kappa shape index (κ3) is 5.53. The molecule has 0 radical (unpaired) electrons. The molecule has 0 saturated heterocycles. The lowest BCUT2D eigenvalue weighted by Crippen LogP contribution is -2.25. The summed E-state index contributed by atoms with van der Waals surface area (Å²) in [7, 11) is -4.13. The Balaban J connectivity index is 1.76. The zero-order valence-corrected chi connectivity index (χ0v) is 18.1. The summed E-state index contributed by atoms with van der Waals surface area (Å²) >= 11 is 0.695. The summed E-state index contributed by atoms with van der Waals surface area (Å²) in [5.74, 6) is -0.890. The van der Waals surface area contributed by atoms with Gasteiger partial charge in [0.2, 0.25) is 5.13 Å². The highest BCUT2D eigenvalue weighted by atomic mass is 32.2. The van der Waals surface area contributed by atoms with Crippen LogP contribution in [0, 0.1) is 6.92 Å². The molecule has 11 heteroatoms. The van der Waals surface area contributed by atoms with Crippen LogP contribution in [0.1, 0.15) is 26.3 Å². The smallest absolute Gasteiger partial charge is 0.291 e. The van der Waals surface area contributed by atoms with E-state index in [1.54, 1.807) is 36.4 Å². The van der Waals surface area contributed by atoms with E-state index in [-0.39, 0.29) is 27.3 Å². The number of sulfonamides is 1. The van der Waals surface area contributed by atoms with Crippen LogP contribution in [0.3, 0.4) is 0 Å². The van der Waals surface area contributed by atoms with Crippen molar-refractivity contribution in [3.8, 4) is 0 Å². The van der Waals surface area contributed by atoms with Gasteiger partial charge in [-0.05, 0) is 31.2 Å². The SMILES string of the molecule is C=CCNC(=O)c1ccccc1NS(=O)(=O)c1nnc(NC(=O)c2ccc(C)cc2)s1. The van der Waals surface area contributed by atoms with Gasteiger partial charge in [0.1, 0.15) is 0 Å². The Labute approximate surface area is 183 Å².